The molecule has 1 aliphatic rings. The van der Waals surface area contributed by atoms with Crippen LogP contribution in [-0.2, 0) is 0 Å². The Morgan fingerprint density at radius 3 is 2.89 bits per heavy atom. The number of aryl methyl sites for hydroxylation is 1. The lowest BCUT2D eigenvalue weighted by Gasteiger charge is -2.32. The Morgan fingerprint density at radius 1 is 1.06 bits per heavy atom. The number of fused-ring (bicyclic) bond motifs is 2. The highest BCUT2D eigenvalue weighted by molar-refractivity contribution is 5.88. The number of piperazine rings is 1. The van der Waals surface area contributed by atoms with E-state index in [1.165, 1.54) is 6.33 Å². The van der Waals surface area contributed by atoms with Crippen LogP contribution in [0.5, 0.6) is 11.5 Å². The van der Waals surface area contributed by atoms with Crippen LogP contribution in [0.4, 0.5) is 17.3 Å². The van der Waals surface area contributed by atoms with Crippen molar-refractivity contribution in [2.24, 2.45) is 0 Å². The normalized spacial score (nSPS) is 16.1. The third kappa shape index (κ3) is 4.31. The van der Waals surface area contributed by atoms with Crippen molar-refractivity contribution in [3.8, 4) is 11.5 Å². The van der Waals surface area contributed by atoms with Crippen LogP contribution < -0.4 is 20.3 Å². The summed E-state index contributed by atoms with van der Waals surface area (Å²) >= 11 is 0. The standard InChI is InChI=1S/C25H25N9O/c1-16-11-18(3-5-21(16)35-19-7-9-34-23(12-19)28-15-30-34)31-25-24-20(27-14-29-25)4-6-22(32-24)33-10-8-26-17(2)13-33/h3-7,9,11-12,14-15,17,26H,8,10,13H2,1-2H3,(H,27,29,31). The van der Waals surface area contributed by atoms with Crippen LogP contribution in [0.15, 0.2) is 61.3 Å². The SMILES string of the molecule is Cc1cc(Nc2ncnc3ccc(N4CCNC(C)C4)nc23)ccc1Oc1ccn2ncnc2c1. The van der Waals surface area contributed by atoms with Crippen molar-refractivity contribution < 1.29 is 4.74 Å². The molecule has 0 saturated carbocycles. The molecule has 5 aromatic rings. The molecule has 0 bridgehead atoms. The zero-order valence-corrected chi connectivity index (χ0v) is 19.5. The maximum Gasteiger partial charge on any atom is 0.160 e. The predicted molar refractivity (Wildman–Crippen MR) is 135 cm³/mol. The Morgan fingerprint density at radius 2 is 2.00 bits per heavy atom. The van der Waals surface area contributed by atoms with Gasteiger partial charge in [0, 0.05) is 43.6 Å². The summed E-state index contributed by atoms with van der Waals surface area (Å²) in [6, 6.07) is 14.1. The maximum absolute atomic E-state index is 6.10. The van der Waals surface area contributed by atoms with Crippen molar-refractivity contribution >= 4 is 34.0 Å². The quantitative estimate of drug-likeness (QED) is 0.400. The number of rotatable bonds is 5. The smallest absolute Gasteiger partial charge is 0.160 e. The lowest BCUT2D eigenvalue weighted by Crippen LogP contribution is -2.49. The summed E-state index contributed by atoms with van der Waals surface area (Å²) in [5.41, 5.74) is 4.16. The molecule has 1 atom stereocenters. The molecule has 0 aliphatic carbocycles. The third-order valence-electron chi connectivity index (χ3n) is 6.08. The van der Waals surface area contributed by atoms with E-state index in [0.29, 0.717) is 17.6 Å². The van der Waals surface area contributed by atoms with Gasteiger partial charge in [-0.3, -0.25) is 0 Å². The van der Waals surface area contributed by atoms with Crippen LogP contribution in [0.25, 0.3) is 16.7 Å². The first-order chi connectivity index (χ1) is 17.1. The summed E-state index contributed by atoms with van der Waals surface area (Å²) in [7, 11) is 0. The molecule has 1 unspecified atom stereocenters. The largest absolute Gasteiger partial charge is 0.457 e. The van der Waals surface area contributed by atoms with Gasteiger partial charge in [-0.1, -0.05) is 0 Å². The number of anilines is 3. The third-order valence-corrected chi connectivity index (χ3v) is 6.08. The van der Waals surface area contributed by atoms with Crippen LogP contribution in [0, 0.1) is 6.92 Å². The molecule has 35 heavy (non-hydrogen) atoms. The Kier molecular flexibility index (Phi) is 5.34. The number of pyridine rings is 2. The number of benzene rings is 1. The van der Waals surface area contributed by atoms with E-state index in [2.05, 4.69) is 42.5 Å². The average molecular weight is 468 g/mol. The molecule has 10 nitrogen and oxygen atoms in total. The minimum atomic E-state index is 0.424. The molecule has 1 saturated heterocycles. The summed E-state index contributed by atoms with van der Waals surface area (Å²) in [6.45, 7) is 6.98. The molecule has 2 N–H and O–H groups in total. The zero-order valence-electron chi connectivity index (χ0n) is 19.5. The predicted octanol–water partition coefficient (Wildman–Crippen LogP) is 3.71. The lowest BCUT2D eigenvalue weighted by atomic mass is 10.2. The minimum absolute atomic E-state index is 0.424. The van der Waals surface area contributed by atoms with Gasteiger partial charge in [0.05, 0.1) is 5.52 Å². The van der Waals surface area contributed by atoms with Gasteiger partial charge in [-0.2, -0.15) is 5.10 Å². The highest BCUT2D eigenvalue weighted by Gasteiger charge is 2.18. The minimum Gasteiger partial charge on any atom is -0.457 e. The van der Waals surface area contributed by atoms with E-state index in [-0.39, 0.29) is 0 Å². The first-order valence-electron chi connectivity index (χ1n) is 11.6. The van der Waals surface area contributed by atoms with Gasteiger partial charge in [0.25, 0.3) is 0 Å². The lowest BCUT2D eigenvalue weighted by molar-refractivity contribution is 0.478. The summed E-state index contributed by atoms with van der Waals surface area (Å²) in [6.07, 6.45) is 4.90. The first kappa shape index (κ1) is 21.2. The summed E-state index contributed by atoms with van der Waals surface area (Å²) in [5, 5.41) is 11.0. The molecule has 0 amide bonds. The maximum atomic E-state index is 6.10. The van der Waals surface area contributed by atoms with E-state index in [9.17, 15) is 0 Å². The second-order valence-corrected chi connectivity index (χ2v) is 8.69. The molecule has 1 aromatic carbocycles. The van der Waals surface area contributed by atoms with Crippen LogP contribution in [-0.4, -0.2) is 55.2 Å². The summed E-state index contributed by atoms with van der Waals surface area (Å²) in [5.74, 6) is 3.08. The van der Waals surface area contributed by atoms with E-state index in [0.717, 1.165) is 59.1 Å². The Labute approximate surface area is 202 Å². The van der Waals surface area contributed by atoms with Gasteiger partial charge in [0.15, 0.2) is 11.5 Å². The second-order valence-electron chi connectivity index (χ2n) is 8.69. The van der Waals surface area contributed by atoms with Gasteiger partial charge in [0.1, 0.15) is 35.5 Å². The molecule has 5 heterocycles. The average Bonchev–Trinajstić information content (AvgIpc) is 3.34. The fourth-order valence-corrected chi connectivity index (χ4v) is 4.30. The van der Waals surface area contributed by atoms with Crippen LogP contribution in [0.1, 0.15) is 12.5 Å². The van der Waals surface area contributed by atoms with Crippen molar-refractivity contribution in [2.75, 3.05) is 29.9 Å². The van der Waals surface area contributed by atoms with Crippen molar-refractivity contribution in [3.63, 3.8) is 0 Å². The number of nitrogens with one attached hydrogen (secondary N) is 2. The Bertz CT molecular complexity index is 1520. The number of ether oxygens (including phenoxy) is 1. The van der Waals surface area contributed by atoms with Gasteiger partial charge in [0.2, 0.25) is 0 Å². The van der Waals surface area contributed by atoms with Gasteiger partial charge >= 0.3 is 0 Å². The fraction of sp³-hybridized carbons (Fsp3) is 0.240. The summed E-state index contributed by atoms with van der Waals surface area (Å²) in [4.78, 5) is 20.3. The number of nitrogens with zero attached hydrogens (tertiary/aromatic N) is 7. The Balaban J connectivity index is 1.25. The first-order valence-corrected chi connectivity index (χ1v) is 11.6. The topological polar surface area (TPSA) is 105 Å². The van der Waals surface area contributed by atoms with Gasteiger partial charge in [-0.15, -0.1) is 0 Å². The van der Waals surface area contributed by atoms with Gasteiger partial charge in [-0.25, -0.2) is 24.5 Å². The molecule has 4 aromatic heterocycles. The molecule has 1 fully saturated rings. The van der Waals surface area contributed by atoms with Crippen LogP contribution in [0.2, 0.25) is 0 Å². The number of aromatic nitrogens is 6. The van der Waals surface area contributed by atoms with Gasteiger partial charge < -0.3 is 20.3 Å². The molecule has 176 valence electrons. The molecular formula is C25H25N9O. The monoisotopic (exact) mass is 467 g/mol. The van der Waals surface area contributed by atoms with Crippen molar-refractivity contribution in [2.45, 2.75) is 19.9 Å². The molecule has 10 heteroatoms. The fourth-order valence-electron chi connectivity index (χ4n) is 4.30. The molecule has 0 radical (unpaired) electrons. The number of hydrogen-bond acceptors (Lipinski definition) is 9. The highest BCUT2D eigenvalue weighted by Crippen LogP contribution is 2.30. The summed E-state index contributed by atoms with van der Waals surface area (Å²) < 4.78 is 7.79. The van der Waals surface area contributed by atoms with Crippen molar-refractivity contribution in [3.05, 3.63) is 66.9 Å². The van der Waals surface area contributed by atoms with Crippen LogP contribution in [0.3, 0.4) is 0 Å². The molecule has 6 rings (SSSR count). The highest BCUT2D eigenvalue weighted by atomic mass is 16.5. The molecule has 1 aliphatic heterocycles. The van der Waals surface area contributed by atoms with E-state index >= 15 is 0 Å². The Hall–Kier alpha value is -4.31. The zero-order chi connectivity index (χ0) is 23.8. The van der Waals surface area contributed by atoms with Crippen molar-refractivity contribution in [1.82, 2.24) is 34.9 Å². The van der Waals surface area contributed by atoms with E-state index in [1.54, 1.807) is 10.8 Å². The van der Waals surface area contributed by atoms with Crippen LogP contribution >= 0.6 is 0 Å². The van der Waals surface area contributed by atoms with E-state index in [1.807, 2.05) is 55.6 Å². The molecular weight excluding hydrogens is 442 g/mol. The molecule has 0 spiro atoms. The van der Waals surface area contributed by atoms with E-state index in [4.69, 9.17) is 9.72 Å². The number of hydrogen-bond donors (Lipinski definition) is 2. The van der Waals surface area contributed by atoms with Crippen molar-refractivity contribution in [1.29, 1.82) is 0 Å². The van der Waals surface area contributed by atoms with E-state index < -0.39 is 0 Å². The second kappa shape index (κ2) is 8.80. The van der Waals surface area contributed by atoms with Gasteiger partial charge in [-0.05, 0) is 55.8 Å².